The van der Waals surface area contributed by atoms with Crippen molar-refractivity contribution >= 4 is 5.91 Å². The molecule has 98 valence electrons. The number of nitrogens with zero attached hydrogens (tertiary/aromatic N) is 1. The van der Waals surface area contributed by atoms with Gasteiger partial charge in [0.25, 0.3) is 0 Å². The molecular formula is C13H24N2O2. The average molecular weight is 240 g/mol. The maximum atomic E-state index is 12.0. The molecule has 1 atom stereocenters. The highest BCUT2D eigenvalue weighted by Crippen LogP contribution is 2.25. The van der Waals surface area contributed by atoms with Crippen LogP contribution >= 0.6 is 0 Å². The normalized spacial score (nSPS) is 23.0. The second-order valence-electron chi connectivity index (χ2n) is 5.36. The van der Waals surface area contributed by atoms with Gasteiger partial charge in [-0.3, -0.25) is 9.69 Å². The van der Waals surface area contributed by atoms with E-state index in [2.05, 4.69) is 10.2 Å². The van der Waals surface area contributed by atoms with Crippen molar-refractivity contribution < 1.29 is 9.90 Å². The molecule has 4 heteroatoms. The number of aliphatic hydroxyl groups is 1. The van der Waals surface area contributed by atoms with E-state index in [4.69, 9.17) is 5.11 Å². The first-order valence-electron chi connectivity index (χ1n) is 6.89. The fourth-order valence-electron chi connectivity index (χ4n) is 2.74. The summed E-state index contributed by atoms with van der Waals surface area (Å²) in [6, 6.07) is 0.803. The molecule has 0 saturated heterocycles. The monoisotopic (exact) mass is 240 g/mol. The Morgan fingerprint density at radius 1 is 1.35 bits per heavy atom. The molecule has 2 saturated carbocycles. The minimum atomic E-state index is -0.106. The van der Waals surface area contributed by atoms with E-state index >= 15 is 0 Å². The zero-order valence-corrected chi connectivity index (χ0v) is 10.7. The van der Waals surface area contributed by atoms with Crippen LogP contribution in [0.1, 0.15) is 45.4 Å². The van der Waals surface area contributed by atoms with Crippen LogP contribution in [0.25, 0.3) is 0 Å². The summed E-state index contributed by atoms with van der Waals surface area (Å²) < 4.78 is 0. The van der Waals surface area contributed by atoms with Crippen LogP contribution in [0.3, 0.4) is 0 Å². The standard InChI is InChI=1S/C13H24N2O2/c1-10(13(17)14-11-6-7-11)15(8-9-16)12-4-2-3-5-12/h10-12,16H,2-9H2,1H3,(H,14,17). The summed E-state index contributed by atoms with van der Waals surface area (Å²) in [5, 5.41) is 12.2. The Hall–Kier alpha value is -0.610. The molecule has 0 bridgehead atoms. The minimum Gasteiger partial charge on any atom is -0.395 e. The first-order chi connectivity index (χ1) is 8.22. The number of amides is 1. The van der Waals surface area contributed by atoms with Gasteiger partial charge in [-0.15, -0.1) is 0 Å². The van der Waals surface area contributed by atoms with Crippen LogP contribution in [0.4, 0.5) is 0 Å². The van der Waals surface area contributed by atoms with E-state index in [-0.39, 0.29) is 18.6 Å². The Balaban J connectivity index is 1.90. The van der Waals surface area contributed by atoms with Gasteiger partial charge in [0.1, 0.15) is 0 Å². The summed E-state index contributed by atoms with van der Waals surface area (Å²) in [7, 11) is 0. The molecule has 0 heterocycles. The quantitative estimate of drug-likeness (QED) is 0.725. The van der Waals surface area contributed by atoms with Crippen LogP contribution in [-0.4, -0.2) is 47.2 Å². The molecule has 1 amide bonds. The minimum absolute atomic E-state index is 0.106. The van der Waals surface area contributed by atoms with Gasteiger partial charge in [0, 0.05) is 18.6 Å². The van der Waals surface area contributed by atoms with Gasteiger partial charge in [0.15, 0.2) is 0 Å². The first kappa shape index (κ1) is 12.8. The van der Waals surface area contributed by atoms with E-state index in [1.807, 2.05) is 6.92 Å². The molecule has 0 radical (unpaired) electrons. The Labute approximate surface area is 103 Å². The molecule has 0 spiro atoms. The summed E-state index contributed by atoms with van der Waals surface area (Å²) >= 11 is 0. The van der Waals surface area contributed by atoms with Gasteiger partial charge in [-0.1, -0.05) is 12.8 Å². The van der Waals surface area contributed by atoms with E-state index in [9.17, 15) is 4.79 Å². The molecule has 17 heavy (non-hydrogen) atoms. The van der Waals surface area contributed by atoms with E-state index in [1.165, 1.54) is 25.7 Å². The molecule has 2 rings (SSSR count). The average Bonchev–Trinajstić information content (AvgIpc) is 2.97. The van der Waals surface area contributed by atoms with Crippen molar-refractivity contribution in [3.63, 3.8) is 0 Å². The second-order valence-corrected chi connectivity index (χ2v) is 5.36. The lowest BCUT2D eigenvalue weighted by Crippen LogP contribution is -2.50. The van der Waals surface area contributed by atoms with E-state index in [1.54, 1.807) is 0 Å². The Bertz CT molecular complexity index is 260. The van der Waals surface area contributed by atoms with Crippen molar-refractivity contribution in [2.75, 3.05) is 13.2 Å². The van der Waals surface area contributed by atoms with Gasteiger partial charge in [0.05, 0.1) is 12.6 Å². The second kappa shape index (κ2) is 5.83. The van der Waals surface area contributed by atoms with Crippen LogP contribution in [0.15, 0.2) is 0 Å². The summed E-state index contributed by atoms with van der Waals surface area (Å²) in [6.45, 7) is 2.72. The summed E-state index contributed by atoms with van der Waals surface area (Å²) in [5.74, 6) is 0.132. The van der Waals surface area contributed by atoms with Crippen molar-refractivity contribution in [3.05, 3.63) is 0 Å². The number of rotatable bonds is 6. The molecule has 0 aromatic rings. The largest absolute Gasteiger partial charge is 0.395 e. The predicted octanol–water partition coefficient (Wildman–Crippen LogP) is 0.890. The first-order valence-corrected chi connectivity index (χ1v) is 6.89. The molecule has 2 aliphatic carbocycles. The van der Waals surface area contributed by atoms with E-state index in [0.717, 1.165) is 12.8 Å². The van der Waals surface area contributed by atoms with Crippen molar-refractivity contribution in [3.8, 4) is 0 Å². The number of nitrogens with one attached hydrogen (secondary N) is 1. The van der Waals surface area contributed by atoms with Gasteiger partial charge in [-0.2, -0.15) is 0 Å². The lowest BCUT2D eigenvalue weighted by atomic mass is 10.1. The number of hydrogen-bond acceptors (Lipinski definition) is 3. The molecule has 1 unspecified atom stereocenters. The number of carbonyl (C=O) groups is 1. The fourth-order valence-corrected chi connectivity index (χ4v) is 2.74. The number of hydrogen-bond donors (Lipinski definition) is 2. The van der Waals surface area contributed by atoms with Crippen molar-refractivity contribution in [2.45, 2.75) is 63.6 Å². The van der Waals surface area contributed by atoms with Crippen LogP contribution in [0.5, 0.6) is 0 Å². The lowest BCUT2D eigenvalue weighted by Gasteiger charge is -2.33. The molecule has 0 aromatic heterocycles. The van der Waals surface area contributed by atoms with Crippen LogP contribution in [0, 0.1) is 0 Å². The van der Waals surface area contributed by atoms with Crippen LogP contribution in [0.2, 0.25) is 0 Å². The summed E-state index contributed by atoms with van der Waals surface area (Å²) in [4.78, 5) is 14.2. The smallest absolute Gasteiger partial charge is 0.237 e. The van der Waals surface area contributed by atoms with Crippen molar-refractivity contribution in [1.82, 2.24) is 10.2 Å². The number of aliphatic hydroxyl groups excluding tert-OH is 1. The topological polar surface area (TPSA) is 52.6 Å². The Kier molecular flexibility index (Phi) is 4.40. The highest BCUT2D eigenvalue weighted by atomic mass is 16.3. The molecule has 0 aromatic carbocycles. The predicted molar refractivity (Wildman–Crippen MR) is 66.7 cm³/mol. The van der Waals surface area contributed by atoms with Gasteiger partial charge in [-0.25, -0.2) is 0 Å². The zero-order chi connectivity index (χ0) is 12.3. The molecule has 2 fully saturated rings. The fraction of sp³-hybridized carbons (Fsp3) is 0.923. The lowest BCUT2D eigenvalue weighted by molar-refractivity contribution is -0.127. The third kappa shape index (κ3) is 3.42. The van der Waals surface area contributed by atoms with Crippen LogP contribution in [-0.2, 0) is 4.79 Å². The molecular weight excluding hydrogens is 216 g/mol. The third-order valence-corrected chi connectivity index (χ3v) is 3.95. The molecule has 2 aliphatic rings. The highest BCUT2D eigenvalue weighted by Gasteiger charge is 2.32. The van der Waals surface area contributed by atoms with Gasteiger partial charge in [0.2, 0.25) is 5.91 Å². The zero-order valence-electron chi connectivity index (χ0n) is 10.7. The Morgan fingerprint density at radius 2 is 2.00 bits per heavy atom. The van der Waals surface area contributed by atoms with Crippen molar-refractivity contribution in [1.29, 1.82) is 0 Å². The SMILES string of the molecule is CC(C(=O)NC1CC1)N(CCO)C1CCCC1. The number of carbonyl (C=O) groups excluding carboxylic acids is 1. The Morgan fingerprint density at radius 3 is 2.53 bits per heavy atom. The van der Waals surface area contributed by atoms with E-state index < -0.39 is 0 Å². The molecule has 2 N–H and O–H groups in total. The van der Waals surface area contributed by atoms with Gasteiger partial charge in [-0.05, 0) is 32.6 Å². The van der Waals surface area contributed by atoms with Crippen molar-refractivity contribution in [2.24, 2.45) is 0 Å². The maximum absolute atomic E-state index is 12.0. The summed E-state index contributed by atoms with van der Waals surface area (Å²) in [5.41, 5.74) is 0. The molecule has 4 nitrogen and oxygen atoms in total. The third-order valence-electron chi connectivity index (χ3n) is 3.95. The molecule has 0 aliphatic heterocycles. The van der Waals surface area contributed by atoms with Gasteiger partial charge < -0.3 is 10.4 Å². The highest BCUT2D eigenvalue weighted by molar-refractivity contribution is 5.81. The van der Waals surface area contributed by atoms with Crippen LogP contribution < -0.4 is 5.32 Å². The van der Waals surface area contributed by atoms with Gasteiger partial charge >= 0.3 is 0 Å². The summed E-state index contributed by atoms with van der Waals surface area (Å²) in [6.07, 6.45) is 7.10. The van der Waals surface area contributed by atoms with E-state index in [0.29, 0.717) is 18.6 Å². The maximum Gasteiger partial charge on any atom is 0.237 e.